The molecule has 0 aromatic carbocycles. The second-order valence-corrected chi connectivity index (χ2v) is 4.61. The molecule has 0 rings (SSSR count). The number of carbonyl (C=O) groups is 1. The van der Waals surface area contributed by atoms with Crippen LogP contribution in [0.15, 0.2) is 12.2 Å². The lowest BCUT2D eigenvalue weighted by molar-refractivity contribution is -0.890. The van der Waals surface area contributed by atoms with E-state index in [9.17, 15) is 4.79 Å². The van der Waals surface area contributed by atoms with Gasteiger partial charge in [0.1, 0.15) is 13.2 Å². The molecule has 0 unspecified atom stereocenters. The molecule has 0 spiro atoms. The molecule has 0 N–H and O–H groups in total. The van der Waals surface area contributed by atoms with Crippen LogP contribution in [0.2, 0.25) is 0 Å². The lowest BCUT2D eigenvalue weighted by Crippen LogP contribution is -2.43. The van der Waals surface area contributed by atoms with Crippen LogP contribution in [0.25, 0.3) is 0 Å². The van der Waals surface area contributed by atoms with Gasteiger partial charge >= 0.3 is 5.97 Å². The van der Waals surface area contributed by atoms with Gasteiger partial charge in [0.05, 0.1) is 20.6 Å². The minimum Gasteiger partial charge on any atom is -0.456 e. The molecule has 0 saturated carbocycles. The zero-order valence-electron chi connectivity index (χ0n) is 10.6. The quantitative estimate of drug-likeness (QED) is 0.216. The average molecular weight is 224 g/mol. The Hall–Kier alpha value is -1.27. The average Bonchev–Trinajstić information content (AvgIpc) is 2.17. The van der Waals surface area contributed by atoms with Crippen molar-refractivity contribution in [3.63, 3.8) is 0 Å². The van der Waals surface area contributed by atoms with Crippen LogP contribution in [0, 0.1) is 12.3 Å². The number of nitrogens with zero attached hydrogens (tertiary/aromatic N) is 1. The van der Waals surface area contributed by atoms with Crippen molar-refractivity contribution in [3.8, 4) is 12.3 Å². The molecule has 0 aliphatic carbocycles. The van der Waals surface area contributed by atoms with Crippen molar-refractivity contribution >= 4 is 5.97 Å². The van der Waals surface area contributed by atoms with E-state index < -0.39 is 0 Å². The molecule has 16 heavy (non-hydrogen) atoms. The molecular formula is C13H22NO2+. The largest absolute Gasteiger partial charge is 0.456 e. The highest BCUT2D eigenvalue weighted by atomic mass is 16.5. The zero-order chi connectivity index (χ0) is 12.6. The monoisotopic (exact) mass is 224 g/mol. The van der Waals surface area contributed by atoms with Gasteiger partial charge in [-0.25, -0.2) is 4.79 Å². The number of terminal acetylenes is 1. The van der Waals surface area contributed by atoms with Crippen LogP contribution in [-0.4, -0.2) is 44.2 Å². The summed E-state index contributed by atoms with van der Waals surface area (Å²) in [6.45, 7) is 7.39. The Morgan fingerprint density at radius 2 is 2.06 bits per heavy atom. The van der Waals surface area contributed by atoms with E-state index >= 15 is 0 Å². The third-order valence-electron chi connectivity index (χ3n) is 2.36. The zero-order valence-corrected chi connectivity index (χ0v) is 10.6. The first kappa shape index (κ1) is 14.7. The first-order valence-corrected chi connectivity index (χ1v) is 5.47. The van der Waals surface area contributed by atoms with Gasteiger partial charge in [-0.05, 0) is 6.92 Å². The summed E-state index contributed by atoms with van der Waals surface area (Å²) in [7, 11) is 4.20. The van der Waals surface area contributed by atoms with Crippen molar-refractivity contribution < 1.29 is 14.0 Å². The number of unbranched alkanes of at least 4 members (excludes halogenated alkanes) is 1. The summed E-state index contributed by atoms with van der Waals surface area (Å²) in [4.78, 5) is 11.1. The van der Waals surface area contributed by atoms with Crippen LogP contribution in [0.4, 0.5) is 0 Å². The molecule has 0 atom stereocenters. The Labute approximate surface area is 98.7 Å². The Kier molecular flexibility index (Phi) is 6.52. The fourth-order valence-electron chi connectivity index (χ4n) is 1.23. The van der Waals surface area contributed by atoms with Gasteiger partial charge in [0.15, 0.2) is 0 Å². The summed E-state index contributed by atoms with van der Waals surface area (Å²) in [5.74, 6) is 2.31. The number of likely N-dealkylation sites (N-methyl/N-ethyl adjacent to an activating group) is 1. The number of hydrogen-bond donors (Lipinski definition) is 0. The molecule has 0 bridgehead atoms. The van der Waals surface area contributed by atoms with Crippen LogP contribution >= 0.6 is 0 Å². The van der Waals surface area contributed by atoms with Crippen LogP contribution in [0.5, 0.6) is 0 Å². The van der Waals surface area contributed by atoms with E-state index in [0.29, 0.717) is 12.2 Å². The molecule has 0 aliphatic rings. The molecule has 0 fully saturated rings. The molecule has 0 radical (unpaired) electrons. The van der Waals surface area contributed by atoms with E-state index in [4.69, 9.17) is 11.2 Å². The first-order valence-electron chi connectivity index (χ1n) is 5.47. The summed E-state index contributed by atoms with van der Waals surface area (Å²) in [6, 6.07) is 0. The maximum Gasteiger partial charge on any atom is 0.333 e. The normalized spacial score (nSPS) is 10.6. The number of esters is 1. The lowest BCUT2D eigenvalue weighted by atomic mass is 10.3. The van der Waals surface area contributed by atoms with Crippen molar-refractivity contribution in [1.82, 2.24) is 0 Å². The van der Waals surface area contributed by atoms with E-state index in [1.807, 2.05) is 0 Å². The predicted octanol–water partition coefficient (Wildman–Crippen LogP) is 1.60. The van der Waals surface area contributed by atoms with Gasteiger partial charge in [-0.2, -0.15) is 0 Å². The van der Waals surface area contributed by atoms with Gasteiger partial charge in [0.25, 0.3) is 0 Å². The summed E-state index contributed by atoms with van der Waals surface area (Å²) in [5, 5.41) is 0. The number of carbonyl (C=O) groups excluding carboxylic acids is 1. The van der Waals surface area contributed by atoms with Gasteiger partial charge in [-0.15, -0.1) is 12.3 Å². The second-order valence-electron chi connectivity index (χ2n) is 4.61. The minimum atomic E-state index is -0.316. The third-order valence-corrected chi connectivity index (χ3v) is 2.36. The van der Waals surface area contributed by atoms with Crippen LogP contribution < -0.4 is 0 Å². The smallest absolute Gasteiger partial charge is 0.333 e. The maximum atomic E-state index is 11.1. The van der Waals surface area contributed by atoms with Crippen LogP contribution in [0.3, 0.4) is 0 Å². The summed E-state index contributed by atoms with van der Waals surface area (Å²) < 4.78 is 5.86. The van der Waals surface area contributed by atoms with E-state index in [2.05, 4.69) is 26.6 Å². The molecule has 0 aliphatic heterocycles. The van der Waals surface area contributed by atoms with E-state index in [1.54, 1.807) is 6.92 Å². The SMILES string of the molecule is C#CCCC[N+](C)(C)CCOC(=O)C(=C)C. The Bertz CT molecular complexity index is 287. The molecule has 0 heterocycles. The standard InChI is InChI=1S/C13H22NO2/c1-6-7-8-9-14(4,5)10-11-16-13(15)12(2)3/h1H,2,7-11H2,3-5H3/q+1. The Morgan fingerprint density at radius 3 is 2.56 bits per heavy atom. The number of rotatable bonds is 7. The molecule has 90 valence electrons. The summed E-state index contributed by atoms with van der Waals surface area (Å²) in [5.41, 5.74) is 0.442. The van der Waals surface area contributed by atoms with Gasteiger partial charge < -0.3 is 9.22 Å². The topological polar surface area (TPSA) is 26.3 Å². The first-order chi connectivity index (χ1) is 7.39. The highest BCUT2D eigenvalue weighted by Gasteiger charge is 2.15. The van der Waals surface area contributed by atoms with Crippen molar-refractivity contribution in [2.24, 2.45) is 0 Å². The molecular weight excluding hydrogens is 202 g/mol. The van der Waals surface area contributed by atoms with Crippen molar-refractivity contribution in [2.45, 2.75) is 19.8 Å². The Balaban J connectivity index is 3.78. The molecule has 0 aromatic rings. The molecule has 0 amide bonds. The van der Waals surface area contributed by atoms with Crippen LogP contribution in [0.1, 0.15) is 19.8 Å². The van der Waals surface area contributed by atoms with E-state index in [1.165, 1.54) is 0 Å². The fraction of sp³-hybridized carbons (Fsp3) is 0.615. The molecule has 3 heteroatoms. The molecule has 0 saturated heterocycles. The van der Waals surface area contributed by atoms with Gasteiger partial charge in [0.2, 0.25) is 0 Å². The van der Waals surface area contributed by atoms with E-state index in [-0.39, 0.29) is 5.97 Å². The fourth-order valence-corrected chi connectivity index (χ4v) is 1.23. The van der Waals surface area contributed by atoms with E-state index in [0.717, 1.165) is 30.4 Å². The second kappa shape index (κ2) is 7.08. The third kappa shape index (κ3) is 7.08. The van der Waals surface area contributed by atoms with Gasteiger partial charge in [0, 0.05) is 18.4 Å². The predicted molar refractivity (Wildman–Crippen MR) is 65.7 cm³/mol. The number of quaternary nitrogens is 1. The summed E-state index contributed by atoms with van der Waals surface area (Å²) >= 11 is 0. The number of hydrogen-bond acceptors (Lipinski definition) is 2. The lowest BCUT2D eigenvalue weighted by Gasteiger charge is -2.29. The van der Waals surface area contributed by atoms with Gasteiger partial charge in [-0.1, -0.05) is 6.58 Å². The highest BCUT2D eigenvalue weighted by molar-refractivity contribution is 5.86. The highest BCUT2D eigenvalue weighted by Crippen LogP contribution is 2.02. The minimum absolute atomic E-state index is 0.316. The Morgan fingerprint density at radius 1 is 1.44 bits per heavy atom. The van der Waals surface area contributed by atoms with Crippen molar-refractivity contribution in [2.75, 3.05) is 33.8 Å². The molecule has 0 aromatic heterocycles. The van der Waals surface area contributed by atoms with Gasteiger partial charge in [-0.3, -0.25) is 0 Å². The summed E-state index contributed by atoms with van der Waals surface area (Å²) in [6.07, 6.45) is 6.99. The van der Waals surface area contributed by atoms with Crippen LogP contribution in [-0.2, 0) is 9.53 Å². The van der Waals surface area contributed by atoms with Crippen molar-refractivity contribution in [1.29, 1.82) is 0 Å². The van der Waals surface area contributed by atoms with Crippen molar-refractivity contribution in [3.05, 3.63) is 12.2 Å². The molecule has 3 nitrogen and oxygen atoms in total. The number of ether oxygens (including phenoxy) is 1. The maximum absolute atomic E-state index is 11.1.